The molecule has 0 bridgehead atoms. The van der Waals surface area contributed by atoms with E-state index in [-0.39, 0.29) is 12.7 Å². The summed E-state index contributed by atoms with van der Waals surface area (Å²) in [6.45, 7) is 4.15. The average Bonchev–Trinajstić information content (AvgIpc) is 3.13. The van der Waals surface area contributed by atoms with Crippen molar-refractivity contribution in [3.8, 4) is 11.5 Å². The van der Waals surface area contributed by atoms with Crippen molar-refractivity contribution in [2.75, 3.05) is 26.6 Å². The highest BCUT2D eigenvalue weighted by atomic mass is 16.7. The fraction of sp³-hybridized carbons (Fsp3) is 0.533. The van der Waals surface area contributed by atoms with E-state index in [1.54, 1.807) is 4.90 Å². The molecule has 2 aliphatic rings. The monoisotopic (exact) mass is 292 g/mol. The lowest BCUT2D eigenvalue weighted by molar-refractivity contribution is -0.137. The molecule has 1 unspecified atom stereocenters. The van der Waals surface area contributed by atoms with Gasteiger partial charge in [-0.3, -0.25) is 4.79 Å². The summed E-state index contributed by atoms with van der Waals surface area (Å²) in [6.07, 6.45) is 0.573. The molecule has 0 spiro atoms. The van der Waals surface area contributed by atoms with Gasteiger partial charge < -0.3 is 24.8 Å². The van der Waals surface area contributed by atoms with Crippen LogP contribution in [-0.4, -0.2) is 42.9 Å². The Morgan fingerprint density at radius 2 is 2.19 bits per heavy atom. The Kier molecular flexibility index (Phi) is 3.73. The van der Waals surface area contributed by atoms with Gasteiger partial charge in [0.15, 0.2) is 11.5 Å². The number of carbonyl (C=O) groups excluding carboxylic acids is 1. The molecule has 2 heterocycles. The molecule has 6 nitrogen and oxygen atoms in total. The number of hydrogen-bond donors (Lipinski definition) is 1. The second-order valence-electron chi connectivity index (χ2n) is 5.47. The lowest BCUT2D eigenvalue weighted by Crippen LogP contribution is -2.55. The van der Waals surface area contributed by atoms with E-state index < -0.39 is 5.54 Å². The number of likely N-dealkylation sites (N-methyl/N-ethyl adjacent to an activating group) is 1. The molecule has 3 rings (SSSR count). The largest absolute Gasteiger partial charge is 0.454 e. The Morgan fingerprint density at radius 3 is 2.90 bits per heavy atom. The third kappa shape index (κ3) is 2.69. The summed E-state index contributed by atoms with van der Waals surface area (Å²) in [4.78, 5) is 14.4. The molecule has 2 aliphatic heterocycles. The predicted molar refractivity (Wildman–Crippen MR) is 76.0 cm³/mol. The quantitative estimate of drug-likeness (QED) is 0.892. The van der Waals surface area contributed by atoms with Crippen LogP contribution in [0.1, 0.15) is 18.9 Å². The zero-order chi connectivity index (χ0) is 14.9. The summed E-state index contributed by atoms with van der Waals surface area (Å²) in [5, 5.41) is 0. The molecule has 1 amide bonds. The number of hydrogen-bond acceptors (Lipinski definition) is 5. The minimum atomic E-state index is -0.883. The molecule has 114 valence electrons. The Morgan fingerprint density at radius 1 is 1.38 bits per heavy atom. The van der Waals surface area contributed by atoms with Gasteiger partial charge >= 0.3 is 0 Å². The van der Waals surface area contributed by atoms with Gasteiger partial charge in [0.25, 0.3) is 0 Å². The molecular weight excluding hydrogens is 272 g/mol. The third-order valence-electron chi connectivity index (χ3n) is 3.96. The number of carbonyl (C=O) groups is 1. The van der Waals surface area contributed by atoms with Gasteiger partial charge in [-0.15, -0.1) is 0 Å². The first-order valence-electron chi connectivity index (χ1n) is 7.17. The maximum absolute atomic E-state index is 12.6. The van der Waals surface area contributed by atoms with Crippen LogP contribution in [0.3, 0.4) is 0 Å². The van der Waals surface area contributed by atoms with Crippen LogP contribution in [0.5, 0.6) is 11.5 Å². The summed E-state index contributed by atoms with van der Waals surface area (Å²) >= 11 is 0. The lowest BCUT2D eigenvalue weighted by Gasteiger charge is -2.29. The predicted octanol–water partition coefficient (Wildman–Crippen LogP) is 0.882. The molecule has 0 aliphatic carbocycles. The second kappa shape index (κ2) is 5.54. The van der Waals surface area contributed by atoms with E-state index in [1.165, 1.54) is 0 Å². The normalized spacial score (nSPS) is 23.3. The van der Waals surface area contributed by atoms with E-state index in [0.717, 1.165) is 17.1 Å². The number of benzene rings is 1. The van der Waals surface area contributed by atoms with E-state index in [2.05, 4.69) is 0 Å². The van der Waals surface area contributed by atoms with Crippen LogP contribution in [0.2, 0.25) is 0 Å². The van der Waals surface area contributed by atoms with Crippen LogP contribution in [0.4, 0.5) is 0 Å². The Labute approximate surface area is 123 Å². The number of amides is 1. The van der Waals surface area contributed by atoms with Gasteiger partial charge in [0, 0.05) is 19.7 Å². The van der Waals surface area contributed by atoms with E-state index in [0.29, 0.717) is 32.7 Å². The van der Waals surface area contributed by atoms with Crippen LogP contribution < -0.4 is 15.2 Å². The smallest absolute Gasteiger partial charge is 0.245 e. The van der Waals surface area contributed by atoms with Gasteiger partial charge in [-0.2, -0.15) is 0 Å². The summed E-state index contributed by atoms with van der Waals surface area (Å²) < 4.78 is 15.9. The molecule has 1 aromatic rings. The summed E-state index contributed by atoms with van der Waals surface area (Å²) in [7, 11) is 0. The Bertz CT molecular complexity index is 540. The molecule has 1 fully saturated rings. The molecule has 0 aromatic heterocycles. The number of nitrogens with two attached hydrogens (primary N) is 1. The molecular formula is C15H20N2O4. The van der Waals surface area contributed by atoms with E-state index >= 15 is 0 Å². The standard InChI is InChI=1S/C15H20N2O4/c1-2-17(14(18)15(16)5-6-19-9-15)8-11-3-4-12-13(7-11)21-10-20-12/h3-4,7H,2,5-6,8-10,16H2,1H3. The molecule has 0 radical (unpaired) electrons. The topological polar surface area (TPSA) is 74.0 Å². The van der Waals surface area contributed by atoms with Crippen molar-refractivity contribution < 1.29 is 19.0 Å². The Balaban J connectivity index is 1.73. The minimum Gasteiger partial charge on any atom is -0.454 e. The third-order valence-corrected chi connectivity index (χ3v) is 3.96. The van der Waals surface area contributed by atoms with Crippen LogP contribution in [-0.2, 0) is 16.1 Å². The highest BCUT2D eigenvalue weighted by Crippen LogP contribution is 2.33. The van der Waals surface area contributed by atoms with Gasteiger partial charge in [0.2, 0.25) is 12.7 Å². The zero-order valence-electron chi connectivity index (χ0n) is 12.1. The zero-order valence-corrected chi connectivity index (χ0v) is 12.1. The Hall–Kier alpha value is -1.79. The van der Waals surface area contributed by atoms with Gasteiger partial charge in [-0.05, 0) is 31.0 Å². The molecule has 2 N–H and O–H groups in total. The first-order valence-corrected chi connectivity index (χ1v) is 7.17. The van der Waals surface area contributed by atoms with Crippen molar-refractivity contribution in [3.63, 3.8) is 0 Å². The second-order valence-corrected chi connectivity index (χ2v) is 5.47. The maximum Gasteiger partial charge on any atom is 0.245 e. The number of nitrogens with zero attached hydrogens (tertiary/aromatic N) is 1. The van der Waals surface area contributed by atoms with Gasteiger partial charge in [-0.1, -0.05) is 6.07 Å². The fourth-order valence-electron chi connectivity index (χ4n) is 2.65. The SMILES string of the molecule is CCN(Cc1ccc2c(c1)OCO2)C(=O)C1(N)CCOC1. The first-order chi connectivity index (χ1) is 10.1. The molecule has 1 aromatic carbocycles. The van der Waals surface area contributed by atoms with Gasteiger partial charge in [-0.25, -0.2) is 0 Å². The summed E-state index contributed by atoms with van der Waals surface area (Å²) in [5.74, 6) is 1.41. The minimum absolute atomic E-state index is 0.0554. The van der Waals surface area contributed by atoms with Crippen molar-refractivity contribution in [1.82, 2.24) is 4.90 Å². The maximum atomic E-state index is 12.6. The van der Waals surface area contributed by atoms with Crippen molar-refractivity contribution in [1.29, 1.82) is 0 Å². The molecule has 1 saturated heterocycles. The molecule has 6 heteroatoms. The lowest BCUT2D eigenvalue weighted by atomic mass is 9.98. The average molecular weight is 292 g/mol. The summed E-state index contributed by atoms with van der Waals surface area (Å²) in [5.41, 5.74) is 6.28. The molecule has 0 saturated carbocycles. The van der Waals surface area contributed by atoms with Crippen molar-refractivity contribution >= 4 is 5.91 Å². The summed E-state index contributed by atoms with van der Waals surface area (Å²) in [6, 6.07) is 5.72. The number of fused-ring (bicyclic) bond motifs is 1. The van der Waals surface area contributed by atoms with Crippen molar-refractivity contribution in [3.05, 3.63) is 23.8 Å². The van der Waals surface area contributed by atoms with E-state index in [4.69, 9.17) is 19.9 Å². The number of rotatable bonds is 4. The number of ether oxygens (including phenoxy) is 3. The molecule has 1 atom stereocenters. The highest BCUT2D eigenvalue weighted by molar-refractivity contribution is 5.86. The van der Waals surface area contributed by atoms with Gasteiger partial charge in [0.05, 0.1) is 6.61 Å². The van der Waals surface area contributed by atoms with Crippen molar-refractivity contribution in [2.24, 2.45) is 5.73 Å². The van der Waals surface area contributed by atoms with Crippen LogP contribution in [0, 0.1) is 0 Å². The highest BCUT2D eigenvalue weighted by Gasteiger charge is 2.40. The van der Waals surface area contributed by atoms with Crippen LogP contribution in [0.15, 0.2) is 18.2 Å². The first kappa shape index (κ1) is 14.2. The van der Waals surface area contributed by atoms with E-state index in [1.807, 2.05) is 25.1 Å². The van der Waals surface area contributed by atoms with Crippen LogP contribution >= 0.6 is 0 Å². The van der Waals surface area contributed by atoms with Crippen molar-refractivity contribution in [2.45, 2.75) is 25.4 Å². The fourth-order valence-corrected chi connectivity index (χ4v) is 2.65. The van der Waals surface area contributed by atoms with Gasteiger partial charge in [0.1, 0.15) is 5.54 Å². The van der Waals surface area contributed by atoms with E-state index in [9.17, 15) is 4.79 Å². The molecule has 21 heavy (non-hydrogen) atoms. The van der Waals surface area contributed by atoms with Crippen LogP contribution in [0.25, 0.3) is 0 Å².